The summed E-state index contributed by atoms with van der Waals surface area (Å²) in [5.74, 6) is 2.68. The first-order chi connectivity index (χ1) is 20.0. The molecule has 0 saturated heterocycles. The van der Waals surface area contributed by atoms with Gasteiger partial charge in [-0.15, -0.1) is 0 Å². The molecule has 41 heavy (non-hydrogen) atoms. The third kappa shape index (κ3) is 4.37. The molecule has 1 aliphatic rings. The predicted molar refractivity (Wildman–Crippen MR) is 168 cm³/mol. The molecule has 0 fully saturated rings. The zero-order valence-corrected chi connectivity index (χ0v) is 23.8. The van der Waals surface area contributed by atoms with E-state index in [1.807, 2.05) is 31.4 Å². The number of nitrogen functional groups attached to an aromatic ring is 1. The van der Waals surface area contributed by atoms with Gasteiger partial charge in [0.2, 0.25) is 0 Å². The van der Waals surface area contributed by atoms with Crippen molar-refractivity contribution >= 4 is 38.7 Å². The number of allylic oxidation sites excluding steroid dienone is 1. The Hall–Kier alpha value is -4.49. The van der Waals surface area contributed by atoms with E-state index in [1.54, 1.807) is 0 Å². The molecule has 1 aliphatic carbocycles. The molecule has 4 N–H and O–H groups in total. The van der Waals surface area contributed by atoms with E-state index in [4.69, 9.17) is 20.7 Å². The summed E-state index contributed by atoms with van der Waals surface area (Å²) in [5, 5.41) is 5.75. The average Bonchev–Trinajstić information content (AvgIpc) is 3.60. The van der Waals surface area contributed by atoms with E-state index < -0.39 is 0 Å². The molecular formula is C34H35N7. The lowest BCUT2D eigenvalue weighted by molar-refractivity contribution is 0.522. The summed E-state index contributed by atoms with van der Waals surface area (Å²) in [6, 6.07) is 21.6. The second kappa shape index (κ2) is 10.2. The zero-order chi connectivity index (χ0) is 28.1. The maximum absolute atomic E-state index is 6.65. The minimum atomic E-state index is 0.213. The van der Waals surface area contributed by atoms with Crippen LogP contribution in [0.1, 0.15) is 61.9 Å². The molecule has 7 heteroatoms. The Labute approximate surface area is 239 Å². The van der Waals surface area contributed by atoms with Crippen molar-refractivity contribution in [3.05, 3.63) is 95.8 Å². The molecule has 0 radical (unpaired) electrons. The van der Waals surface area contributed by atoms with Crippen LogP contribution >= 0.6 is 0 Å². The second-order valence-corrected chi connectivity index (χ2v) is 11.4. The highest BCUT2D eigenvalue weighted by Crippen LogP contribution is 2.38. The third-order valence-electron chi connectivity index (χ3n) is 8.44. The zero-order valence-electron chi connectivity index (χ0n) is 23.8. The molecule has 3 aromatic carbocycles. The van der Waals surface area contributed by atoms with Crippen LogP contribution in [0.5, 0.6) is 0 Å². The first-order valence-corrected chi connectivity index (χ1v) is 14.5. The Bertz CT molecular complexity index is 1910. The molecule has 1 unspecified atom stereocenters. The van der Waals surface area contributed by atoms with Gasteiger partial charge in [-0.1, -0.05) is 68.5 Å². The quantitative estimate of drug-likeness (QED) is 0.214. The van der Waals surface area contributed by atoms with Crippen LogP contribution in [0.2, 0.25) is 0 Å². The number of aromatic amines is 1. The number of rotatable bonds is 6. The van der Waals surface area contributed by atoms with Crippen molar-refractivity contribution in [1.82, 2.24) is 29.7 Å². The number of fused-ring (bicyclic) bond motifs is 3. The van der Waals surface area contributed by atoms with Crippen molar-refractivity contribution in [2.45, 2.75) is 51.5 Å². The van der Waals surface area contributed by atoms with Gasteiger partial charge in [0.1, 0.15) is 28.7 Å². The van der Waals surface area contributed by atoms with Gasteiger partial charge in [0, 0.05) is 23.9 Å². The molecule has 0 amide bonds. The largest absolute Gasteiger partial charge is 0.382 e. The summed E-state index contributed by atoms with van der Waals surface area (Å²) in [6.45, 7) is 4.39. The number of anilines is 1. The highest BCUT2D eigenvalue weighted by molar-refractivity contribution is 6.02. The number of hydrogen-bond donors (Lipinski definition) is 3. The van der Waals surface area contributed by atoms with Crippen LogP contribution < -0.4 is 11.1 Å². The lowest BCUT2D eigenvalue weighted by Gasteiger charge is -2.22. The molecule has 0 saturated carbocycles. The van der Waals surface area contributed by atoms with E-state index >= 15 is 0 Å². The fourth-order valence-electron chi connectivity index (χ4n) is 6.30. The first-order valence-electron chi connectivity index (χ1n) is 14.5. The molecular weight excluding hydrogens is 506 g/mol. The van der Waals surface area contributed by atoms with Crippen LogP contribution in [0.4, 0.5) is 5.82 Å². The molecule has 0 spiro atoms. The Balaban J connectivity index is 1.39. The van der Waals surface area contributed by atoms with Crippen LogP contribution in [0.3, 0.4) is 0 Å². The number of nitrogens with zero attached hydrogens (tertiary/aromatic N) is 4. The molecule has 0 bridgehead atoms. The molecule has 6 aromatic rings. The fourth-order valence-corrected chi connectivity index (χ4v) is 6.30. The Morgan fingerprint density at radius 2 is 1.85 bits per heavy atom. The van der Waals surface area contributed by atoms with E-state index in [9.17, 15) is 0 Å². The van der Waals surface area contributed by atoms with E-state index in [0.29, 0.717) is 18.3 Å². The van der Waals surface area contributed by atoms with Crippen molar-refractivity contribution in [2.75, 3.05) is 12.8 Å². The SMILES string of the molecule is CNC1CC=C(c2cnc(N)c3c(-c4cccc5c(Cc6nc7ccccc7[nH]6)cccc45)nc(C(C)C)n23)CC1. The van der Waals surface area contributed by atoms with E-state index in [0.717, 1.165) is 69.8 Å². The van der Waals surface area contributed by atoms with Gasteiger partial charge in [-0.3, -0.25) is 4.40 Å². The third-order valence-corrected chi connectivity index (χ3v) is 8.44. The molecule has 206 valence electrons. The smallest absolute Gasteiger partial charge is 0.150 e. The average molecular weight is 542 g/mol. The summed E-state index contributed by atoms with van der Waals surface area (Å²) in [6.07, 6.45) is 8.10. The maximum atomic E-state index is 6.65. The molecule has 7 rings (SSSR count). The van der Waals surface area contributed by atoms with Crippen molar-refractivity contribution in [3.63, 3.8) is 0 Å². The minimum absolute atomic E-state index is 0.213. The van der Waals surface area contributed by atoms with Gasteiger partial charge in [-0.25, -0.2) is 15.0 Å². The summed E-state index contributed by atoms with van der Waals surface area (Å²) in [5.41, 5.74) is 15.2. The fraction of sp³-hybridized carbons (Fsp3) is 0.265. The maximum Gasteiger partial charge on any atom is 0.150 e. The van der Waals surface area contributed by atoms with Crippen molar-refractivity contribution in [2.24, 2.45) is 0 Å². The number of hydrogen-bond acceptors (Lipinski definition) is 5. The Kier molecular flexibility index (Phi) is 6.31. The number of aromatic nitrogens is 5. The molecule has 7 nitrogen and oxygen atoms in total. The Morgan fingerprint density at radius 3 is 2.63 bits per heavy atom. The van der Waals surface area contributed by atoms with Gasteiger partial charge in [0.15, 0.2) is 0 Å². The van der Waals surface area contributed by atoms with Crippen LogP contribution in [0.15, 0.2) is 72.9 Å². The van der Waals surface area contributed by atoms with Gasteiger partial charge in [0.05, 0.1) is 22.9 Å². The van der Waals surface area contributed by atoms with Gasteiger partial charge in [-0.2, -0.15) is 0 Å². The summed E-state index contributed by atoms with van der Waals surface area (Å²) in [4.78, 5) is 18.3. The minimum Gasteiger partial charge on any atom is -0.382 e. The number of H-pyrrole nitrogens is 1. The topological polar surface area (TPSA) is 96.9 Å². The highest BCUT2D eigenvalue weighted by atomic mass is 15.1. The normalized spacial score (nSPS) is 15.8. The summed E-state index contributed by atoms with van der Waals surface area (Å²) in [7, 11) is 2.04. The van der Waals surface area contributed by atoms with Crippen molar-refractivity contribution in [1.29, 1.82) is 0 Å². The summed E-state index contributed by atoms with van der Waals surface area (Å²) >= 11 is 0. The van der Waals surface area contributed by atoms with Crippen LogP contribution in [0.25, 0.3) is 44.2 Å². The van der Waals surface area contributed by atoms with Crippen molar-refractivity contribution < 1.29 is 0 Å². The number of benzene rings is 3. The van der Waals surface area contributed by atoms with Gasteiger partial charge in [0.25, 0.3) is 0 Å². The van der Waals surface area contributed by atoms with E-state index in [1.165, 1.54) is 16.5 Å². The first kappa shape index (κ1) is 25.5. The van der Waals surface area contributed by atoms with Crippen LogP contribution in [-0.4, -0.2) is 37.4 Å². The Morgan fingerprint density at radius 1 is 1.02 bits per heavy atom. The lowest BCUT2D eigenvalue weighted by Crippen LogP contribution is -2.26. The molecule has 0 aliphatic heterocycles. The van der Waals surface area contributed by atoms with E-state index in [-0.39, 0.29) is 5.92 Å². The van der Waals surface area contributed by atoms with Crippen LogP contribution in [-0.2, 0) is 6.42 Å². The van der Waals surface area contributed by atoms with Gasteiger partial charge >= 0.3 is 0 Å². The van der Waals surface area contributed by atoms with Crippen LogP contribution in [0, 0.1) is 0 Å². The van der Waals surface area contributed by atoms with Crippen molar-refractivity contribution in [3.8, 4) is 11.3 Å². The lowest BCUT2D eigenvalue weighted by atomic mass is 9.93. The predicted octanol–water partition coefficient (Wildman–Crippen LogP) is 6.88. The number of imidazole rings is 2. The number of nitrogens with one attached hydrogen (secondary N) is 2. The molecule has 3 heterocycles. The highest BCUT2D eigenvalue weighted by Gasteiger charge is 2.24. The number of para-hydroxylation sites is 2. The van der Waals surface area contributed by atoms with Gasteiger partial charge in [-0.05, 0) is 60.4 Å². The monoisotopic (exact) mass is 541 g/mol. The van der Waals surface area contributed by atoms with E-state index in [2.05, 4.69) is 77.1 Å². The second-order valence-electron chi connectivity index (χ2n) is 11.4. The molecule has 1 atom stereocenters. The van der Waals surface area contributed by atoms with Gasteiger partial charge < -0.3 is 16.0 Å². The number of nitrogens with two attached hydrogens (primary N) is 1. The summed E-state index contributed by atoms with van der Waals surface area (Å²) < 4.78 is 2.27. The molecule has 3 aromatic heterocycles. The standard InChI is InChI=1S/C34H35N7/c1-20(2)34-40-31(32-33(35)37-19-29(41(32)34)21-14-16-23(36-3)17-15-21)26-11-7-9-24-22(8-6-10-25(24)26)18-30-38-27-12-4-5-13-28(27)39-30/h4-14,19-20,23,36H,15-18H2,1-3H3,(H2,35,37)(H,38,39).